The van der Waals surface area contributed by atoms with E-state index in [1.165, 1.54) is 0 Å². The largest absolute Gasteiger partial charge is 0.496 e. The molecule has 0 saturated carbocycles. The molecule has 0 aliphatic carbocycles. The normalized spacial score (nSPS) is 12.3. The number of benzene rings is 1. The predicted molar refractivity (Wildman–Crippen MR) is 85.4 cm³/mol. The van der Waals surface area contributed by atoms with Gasteiger partial charge in [-0.2, -0.15) is 0 Å². The number of hydrogen-bond acceptors (Lipinski definition) is 3. The van der Waals surface area contributed by atoms with Crippen molar-refractivity contribution in [2.75, 3.05) is 7.11 Å². The smallest absolute Gasteiger partial charge is 0.128 e. The molecule has 3 nitrogen and oxygen atoms in total. The number of aliphatic hydroxyl groups is 1. The number of pyridine rings is 1. The maximum atomic E-state index is 10.4. The molecule has 0 spiro atoms. The summed E-state index contributed by atoms with van der Waals surface area (Å²) in [6.45, 7) is 3.88. The average molecular weight is 326 g/mol. The number of halogens is 2. The minimum absolute atomic E-state index is 0.374. The quantitative estimate of drug-likeness (QED) is 0.911. The van der Waals surface area contributed by atoms with Crippen molar-refractivity contribution in [2.24, 2.45) is 0 Å². The zero-order chi connectivity index (χ0) is 15.6. The highest BCUT2D eigenvalue weighted by Crippen LogP contribution is 2.29. The summed E-state index contributed by atoms with van der Waals surface area (Å²) >= 11 is 11.9. The first-order valence-electron chi connectivity index (χ1n) is 6.55. The molecule has 1 aromatic heterocycles. The Morgan fingerprint density at radius 3 is 2.38 bits per heavy atom. The Labute approximate surface area is 134 Å². The van der Waals surface area contributed by atoms with Crippen LogP contribution in [0.5, 0.6) is 5.75 Å². The number of rotatable bonds is 4. The summed E-state index contributed by atoms with van der Waals surface area (Å²) in [5.41, 5.74) is 3.37. The van der Waals surface area contributed by atoms with Gasteiger partial charge in [0.15, 0.2) is 0 Å². The van der Waals surface area contributed by atoms with E-state index in [0.717, 1.165) is 22.6 Å². The van der Waals surface area contributed by atoms with Crippen LogP contribution in [0.4, 0.5) is 0 Å². The lowest BCUT2D eigenvalue weighted by atomic mass is 10.0. The van der Waals surface area contributed by atoms with Crippen molar-refractivity contribution in [3.63, 3.8) is 0 Å². The SMILES string of the molecule is COc1c(C)cnc(CC(O)c2cc(Cl)cc(Cl)c2)c1C. The highest BCUT2D eigenvalue weighted by Gasteiger charge is 2.15. The molecule has 2 rings (SSSR count). The summed E-state index contributed by atoms with van der Waals surface area (Å²) in [5.74, 6) is 0.802. The molecule has 0 fully saturated rings. The Morgan fingerprint density at radius 1 is 1.19 bits per heavy atom. The fourth-order valence-corrected chi connectivity index (χ4v) is 2.89. The van der Waals surface area contributed by atoms with E-state index >= 15 is 0 Å². The summed E-state index contributed by atoms with van der Waals surface area (Å²) < 4.78 is 5.38. The fourth-order valence-electron chi connectivity index (χ4n) is 2.35. The van der Waals surface area contributed by atoms with Crippen molar-refractivity contribution < 1.29 is 9.84 Å². The third kappa shape index (κ3) is 3.67. The number of nitrogens with zero attached hydrogens (tertiary/aromatic N) is 1. The molecule has 0 saturated heterocycles. The van der Waals surface area contributed by atoms with Crippen LogP contribution in [0.2, 0.25) is 10.0 Å². The summed E-state index contributed by atoms with van der Waals surface area (Å²) in [7, 11) is 1.63. The van der Waals surface area contributed by atoms with Crippen molar-refractivity contribution in [3.8, 4) is 5.75 Å². The van der Waals surface area contributed by atoms with E-state index in [1.54, 1.807) is 31.5 Å². The van der Waals surface area contributed by atoms with E-state index in [2.05, 4.69) is 4.98 Å². The van der Waals surface area contributed by atoms with Crippen LogP contribution in [0.3, 0.4) is 0 Å². The molecule has 0 aliphatic heterocycles. The zero-order valence-corrected chi connectivity index (χ0v) is 13.7. The highest BCUT2D eigenvalue weighted by atomic mass is 35.5. The van der Waals surface area contributed by atoms with Crippen LogP contribution in [0, 0.1) is 13.8 Å². The second-order valence-corrected chi connectivity index (χ2v) is 5.84. The van der Waals surface area contributed by atoms with Crippen molar-refractivity contribution in [1.29, 1.82) is 0 Å². The Hall–Kier alpha value is -1.29. The number of hydrogen-bond donors (Lipinski definition) is 1. The first kappa shape index (κ1) is 16.1. The van der Waals surface area contributed by atoms with Gasteiger partial charge in [0.2, 0.25) is 0 Å². The summed E-state index contributed by atoms with van der Waals surface area (Å²) in [6.07, 6.45) is 1.40. The molecule has 1 unspecified atom stereocenters. The standard InChI is InChI=1S/C16H17Cl2NO2/c1-9-8-19-14(10(2)16(9)21-3)7-15(20)11-4-12(17)6-13(18)5-11/h4-6,8,15,20H,7H2,1-3H3. The second-order valence-electron chi connectivity index (χ2n) is 4.97. The third-order valence-corrected chi connectivity index (χ3v) is 3.84. The van der Waals surface area contributed by atoms with Crippen molar-refractivity contribution in [1.82, 2.24) is 4.98 Å². The van der Waals surface area contributed by atoms with Gasteiger partial charge in [0.1, 0.15) is 5.75 Å². The van der Waals surface area contributed by atoms with Gasteiger partial charge in [-0.05, 0) is 37.6 Å². The van der Waals surface area contributed by atoms with Gasteiger partial charge in [0, 0.05) is 39.5 Å². The summed E-state index contributed by atoms with van der Waals surface area (Å²) in [5, 5.41) is 11.4. The summed E-state index contributed by atoms with van der Waals surface area (Å²) in [6, 6.07) is 5.05. The minimum Gasteiger partial charge on any atom is -0.496 e. The van der Waals surface area contributed by atoms with Gasteiger partial charge >= 0.3 is 0 Å². The Balaban J connectivity index is 2.29. The molecule has 1 N–H and O–H groups in total. The lowest BCUT2D eigenvalue weighted by Gasteiger charge is -2.16. The van der Waals surface area contributed by atoms with Crippen LogP contribution in [-0.2, 0) is 6.42 Å². The van der Waals surface area contributed by atoms with Gasteiger partial charge in [0.05, 0.1) is 13.2 Å². The van der Waals surface area contributed by atoms with Crippen molar-refractivity contribution in [3.05, 3.63) is 56.8 Å². The highest BCUT2D eigenvalue weighted by molar-refractivity contribution is 6.34. The molecule has 1 atom stereocenters. The number of aliphatic hydroxyl groups excluding tert-OH is 1. The van der Waals surface area contributed by atoms with Crippen molar-refractivity contribution in [2.45, 2.75) is 26.4 Å². The first-order valence-corrected chi connectivity index (χ1v) is 7.31. The van der Waals surface area contributed by atoms with Crippen molar-refractivity contribution >= 4 is 23.2 Å². The molecule has 1 aromatic carbocycles. The van der Waals surface area contributed by atoms with Crippen LogP contribution >= 0.6 is 23.2 Å². The maximum Gasteiger partial charge on any atom is 0.128 e. The molecular weight excluding hydrogens is 309 g/mol. The van der Waals surface area contributed by atoms with Crippen LogP contribution < -0.4 is 4.74 Å². The maximum absolute atomic E-state index is 10.4. The number of aromatic nitrogens is 1. The van der Waals surface area contributed by atoms with Gasteiger partial charge in [-0.15, -0.1) is 0 Å². The Bertz CT molecular complexity index is 639. The monoisotopic (exact) mass is 325 g/mol. The van der Waals surface area contributed by atoms with E-state index in [9.17, 15) is 5.11 Å². The van der Waals surface area contributed by atoms with E-state index < -0.39 is 6.10 Å². The van der Waals surface area contributed by atoms with Crippen LogP contribution in [0.1, 0.15) is 28.5 Å². The van der Waals surface area contributed by atoms with Gasteiger partial charge in [0.25, 0.3) is 0 Å². The molecule has 0 aliphatic rings. The van der Waals surface area contributed by atoms with Gasteiger partial charge in [-0.25, -0.2) is 0 Å². The van der Waals surface area contributed by atoms with Crippen LogP contribution in [0.25, 0.3) is 0 Å². The average Bonchev–Trinajstić information content (AvgIpc) is 2.41. The Kier molecular flexibility index (Phi) is 5.09. The first-order chi connectivity index (χ1) is 9.92. The van der Waals surface area contributed by atoms with E-state index in [-0.39, 0.29) is 0 Å². The van der Waals surface area contributed by atoms with Gasteiger partial charge in [-0.1, -0.05) is 23.2 Å². The van der Waals surface area contributed by atoms with Gasteiger partial charge in [-0.3, -0.25) is 4.98 Å². The number of aryl methyl sites for hydroxylation is 1. The Morgan fingerprint density at radius 2 is 1.81 bits per heavy atom. The lowest BCUT2D eigenvalue weighted by Crippen LogP contribution is -2.07. The predicted octanol–water partition coefficient (Wildman–Crippen LogP) is 4.29. The molecule has 0 bridgehead atoms. The molecule has 21 heavy (non-hydrogen) atoms. The molecule has 1 heterocycles. The molecular formula is C16H17Cl2NO2. The zero-order valence-electron chi connectivity index (χ0n) is 12.2. The lowest BCUT2D eigenvalue weighted by molar-refractivity contribution is 0.177. The molecule has 0 amide bonds. The minimum atomic E-state index is -0.722. The molecule has 112 valence electrons. The van der Waals surface area contributed by atoms with E-state index in [0.29, 0.717) is 22.0 Å². The summed E-state index contributed by atoms with van der Waals surface area (Å²) in [4.78, 5) is 4.39. The van der Waals surface area contributed by atoms with Crippen LogP contribution in [-0.4, -0.2) is 17.2 Å². The second kappa shape index (κ2) is 6.65. The molecule has 2 aromatic rings. The third-order valence-electron chi connectivity index (χ3n) is 3.41. The topological polar surface area (TPSA) is 42.4 Å². The molecule has 5 heteroatoms. The molecule has 0 radical (unpaired) electrons. The number of methoxy groups -OCH3 is 1. The van der Waals surface area contributed by atoms with Gasteiger partial charge < -0.3 is 9.84 Å². The van der Waals surface area contributed by atoms with E-state index in [1.807, 2.05) is 13.8 Å². The van der Waals surface area contributed by atoms with Crippen LogP contribution in [0.15, 0.2) is 24.4 Å². The fraction of sp³-hybridized carbons (Fsp3) is 0.312. The van der Waals surface area contributed by atoms with E-state index in [4.69, 9.17) is 27.9 Å². The number of ether oxygens (including phenoxy) is 1.